The number of rotatable bonds is 7. The van der Waals surface area contributed by atoms with Crippen LogP contribution in [0.2, 0.25) is 0 Å². The third-order valence-electron chi connectivity index (χ3n) is 4.77. The second-order valence-electron chi connectivity index (χ2n) is 6.40. The van der Waals surface area contributed by atoms with Crippen molar-refractivity contribution in [2.45, 2.75) is 17.3 Å². The minimum atomic E-state index is -6.07. The standard InChI is InChI=1S/C19H10F6O8/c20-18(15(30)32-24,16(31)33-25)17(19(21,22)23,11-5-1-9(2-6-11)13(26)27)12-7-3-10(4-8-12)14(28)29/h1-8H,(H,26,27)(H,28,29). The highest BCUT2D eigenvalue weighted by Gasteiger charge is 2.79. The fourth-order valence-electron chi connectivity index (χ4n) is 3.31. The van der Waals surface area contributed by atoms with E-state index in [2.05, 4.69) is 9.88 Å². The highest BCUT2D eigenvalue weighted by atomic mass is 19.4. The first-order valence-electron chi connectivity index (χ1n) is 8.38. The van der Waals surface area contributed by atoms with Gasteiger partial charge in [0.05, 0.1) is 11.1 Å². The van der Waals surface area contributed by atoms with Gasteiger partial charge in [0.15, 0.2) is 5.41 Å². The average Bonchev–Trinajstić information content (AvgIpc) is 2.77. The van der Waals surface area contributed by atoms with E-state index in [1.807, 2.05) is 0 Å². The number of hydrogen-bond acceptors (Lipinski definition) is 6. The lowest BCUT2D eigenvalue weighted by Crippen LogP contribution is -2.66. The van der Waals surface area contributed by atoms with Gasteiger partial charge in [-0.2, -0.15) is 13.2 Å². The Morgan fingerprint density at radius 2 is 0.939 bits per heavy atom. The third-order valence-corrected chi connectivity index (χ3v) is 4.77. The van der Waals surface area contributed by atoms with Crippen molar-refractivity contribution in [2.24, 2.45) is 0 Å². The fraction of sp³-hybridized carbons (Fsp3) is 0.158. The van der Waals surface area contributed by atoms with Crippen molar-refractivity contribution in [3.8, 4) is 0 Å². The van der Waals surface area contributed by atoms with Crippen molar-refractivity contribution < 1.29 is 65.9 Å². The van der Waals surface area contributed by atoms with Gasteiger partial charge >= 0.3 is 35.7 Å². The van der Waals surface area contributed by atoms with E-state index in [0.29, 0.717) is 48.5 Å². The lowest BCUT2D eigenvalue weighted by atomic mass is 9.62. The lowest BCUT2D eigenvalue weighted by molar-refractivity contribution is -0.254. The summed E-state index contributed by atoms with van der Waals surface area (Å²) in [5.41, 5.74) is -13.9. The predicted molar refractivity (Wildman–Crippen MR) is 91.9 cm³/mol. The van der Waals surface area contributed by atoms with Gasteiger partial charge in [0, 0.05) is 9.05 Å². The molecule has 2 rings (SSSR count). The second-order valence-corrected chi connectivity index (χ2v) is 6.40. The maximum Gasteiger partial charge on any atom is 0.406 e. The number of halogens is 6. The van der Waals surface area contributed by atoms with E-state index in [1.54, 1.807) is 0 Å². The molecule has 0 aliphatic heterocycles. The molecule has 0 saturated carbocycles. The van der Waals surface area contributed by atoms with E-state index < -0.39 is 63.4 Å². The molecule has 2 aromatic carbocycles. The minimum absolute atomic E-state index is 0.341. The third kappa shape index (κ3) is 3.83. The number of carbonyl (C=O) groups excluding carboxylic acids is 2. The van der Waals surface area contributed by atoms with Crippen LogP contribution in [-0.2, 0) is 24.9 Å². The van der Waals surface area contributed by atoms with Crippen LogP contribution in [0.15, 0.2) is 48.5 Å². The summed E-state index contributed by atoms with van der Waals surface area (Å²) in [6, 6.07) is 3.50. The van der Waals surface area contributed by atoms with Crippen LogP contribution in [0.1, 0.15) is 31.8 Å². The summed E-state index contributed by atoms with van der Waals surface area (Å²) in [5.74, 6) is -9.54. The fourth-order valence-corrected chi connectivity index (χ4v) is 3.31. The van der Waals surface area contributed by atoms with Gasteiger partial charge in [-0.1, -0.05) is 24.3 Å². The Labute approximate surface area is 178 Å². The van der Waals surface area contributed by atoms with E-state index in [4.69, 9.17) is 10.2 Å². The van der Waals surface area contributed by atoms with Crippen LogP contribution in [0.25, 0.3) is 0 Å². The van der Waals surface area contributed by atoms with Crippen molar-refractivity contribution in [1.29, 1.82) is 0 Å². The smallest absolute Gasteiger partial charge is 0.406 e. The number of benzene rings is 2. The van der Waals surface area contributed by atoms with Crippen LogP contribution in [0.4, 0.5) is 26.6 Å². The summed E-state index contributed by atoms with van der Waals surface area (Å²) >= 11 is 0. The van der Waals surface area contributed by atoms with Crippen LogP contribution >= 0.6 is 0 Å². The Bertz CT molecular complexity index is 1010. The molecule has 0 fully saturated rings. The first-order chi connectivity index (χ1) is 15.3. The van der Waals surface area contributed by atoms with Crippen LogP contribution in [0.3, 0.4) is 0 Å². The number of carboxylic acid groups (broad SMARTS) is 2. The van der Waals surface area contributed by atoms with Crippen molar-refractivity contribution >= 4 is 23.9 Å². The molecule has 33 heavy (non-hydrogen) atoms. The Morgan fingerprint density at radius 3 is 1.15 bits per heavy atom. The topological polar surface area (TPSA) is 127 Å². The molecule has 0 aromatic heterocycles. The van der Waals surface area contributed by atoms with Crippen LogP contribution in [0, 0.1) is 0 Å². The zero-order valence-electron chi connectivity index (χ0n) is 15.7. The molecule has 0 aliphatic carbocycles. The molecular formula is C19H10F6O8. The molecule has 0 amide bonds. The van der Waals surface area contributed by atoms with Gasteiger partial charge < -0.3 is 10.2 Å². The van der Waals surface area contributed by atoms with E-state index in [9.17, 15) is 41.4 Å². The van der Waals surface area contributed by atoms with Crippen LogP contribution in [0.5, 0.6) is 0 Å². The molecule has 0 radical (unpaired) electrons. The number of hydrogen-bond donors (Lipinski definition) is 2. The summed E-state index contributed by atoms with van der Waals surface area (Å²) in [7, 11) is 0. The highest BCUT2D eigenvalue weighted by Crippen LogP contribution is 2.56. The van der Waals surface area contributed by atoms with E-state index in [0.717, 1.165) is 0 Å². The van der Waals surface area contributed by atoms with E-state index >= 15 is 4.39 Å². The van der Waals surface area contributed by atoms with Gasteiger partial charge in [-0.3, -0.25) is 9.88 Å². The molecule has 2 aromatic rings. The van der Waals surface area contributed by atoms with Crippen LogP contribution < -0.4 is 0 Å². The summed E-state index contributed by atoms with van der Waals surface area (Å²) < 4.78 is 85.2. The van der Waals surface area contributed by atoms with Gasteiger partial charge in [0.2, 0.25) is 0 Å². The lowest BCUT2D eigenvalue weighted by Gasteiger charge is -2.42. The molecule has 0 bridgehead atoms. The summed E-state index contributed by atoms with van der Waals surface area (Å²) in [6.07, 6.45) is -6.07. The molecular weight excluding hydrogens is 470 g/mol. The maximum absolute atomic E-state index is 15.9. The SMILES string of the molecule is O=C(O)c1ccc(C(c2ccc(C(=O)O)cc2)(C(F)(F)F)C(F)(C(=O)OF)C(=O)OF)cc1. The number of alkyl halides is 4. The Morgan fingerprint density at radius 1 is 0.636 bits per heavy atom. The highest BCUT2D eigenvalue weighted by molar-refractivity contribution is 6.06. The molecule has 2 N–H and O–H groups in total. The molecule has 0 unspecified atom stereocenters. The molecule has 0 spiro atoms. The zero-order valence-corrected chi connectivity index (χ0v) is 15.7. The molecule has 0 heterocycles. The molecule has 176 valence electrons. The van der Waals surface area contributed by atoms with Gasteiger partial charge in [0.25, 0.3) is 0 Å². The quantitative estimate of drug-likeness (QED) is 0.456. The van der Waals surface area contributed by atoms with Crippen molar-refractivity contribution in [1.82, 2.24) is 0 Å². The monoisotopic (exact) mass is 480 g/mol. The molecule has 8 nitrogen and oxygen atoms in total. The predicted octanol–water partition coefficient (Wildman–Crippen LogP) is 3.50. The zero-order chi connectivity index (χ0) is 25.2. The van der Waals surface area contributed by atoms with Crippen LogP contribution in [-0.4, -0.2) is 45.9 Å². The average molecular weight is 480 g/mol. The molecule has 0 saturated heterocycles. The first-order valence-corrected chi connectivity index (χ1v) is 8.38. The summed E-state index contributed by atoms with van der Waals surface area (Å²) in [4.78, 5) is 50.9. The Hall–Kier alpha value is -4.10. The molecule has 0 aliphatic rings. The van der Waals surface area contributed by atoms with Crippen molar-refractivity contribution in [3.63, 3.8) is 0 Å². The van der Waals surface area contributed by atoms with Gasteiger partial charge in [0.1, 0.15) is 0 Å². The van der Waals surface area contributed by atoms with Gasteiger partial charge in [-0.05, 0) is 35.4 Å². The second kappa shape index (κ2) is 8.80. The largest absolute Gasteiger partial charge is 0.478 e. The number of carbonyl (C=O) groups is 4. The van der Waals surface area contributed by atoms with E-state index in [1.165, 1.54) is 0 Å². The van der Waals surface area contributed by atoms with E-state index in [-0.39, 0.29) is 0 Å². The number of aromatic carboxylic acids is 2. The summed E-state index contributed by atoms with van der Waals surface area (Å²) in [5, 5.41) is 17.9. The van der Waals surface area contributed by atoms with Crippen molar-refractivity contribution in [3.05, 3.63) is 70.8 Å². The van der Waals surface area contributed by atoms with Gasteiger partial charge in [-0.15, -0.1) is 0 Å². The normalized spacial score (nSPS) is 12.1. The first kappa shape index (κ1) is 25.2. The summed E-state index contributed by atoms with van der Waals surface area (Å²) in [6.45, 7) is 0. The number of carboxylic acids is 2. The van der Waals surface area contributed by atoms with Gasteiger partial charge in [-0.25, -0.2) is 23.6 Å². The maximum atomic E-state index is 15.9. The van der Waals surface area contributed by atoms with Crippen molar-refractivity contribution in [2.75, 3.05) is 0 Å². The minimum Gasteiger partial charge on any atom is -0.478 e. The molecule has 14 heteroatoms. The Balaban J connectivity index is 3.10. The Kier molecular flexibility index (Phi) is 6.71. The molecule has 0 atom stereocenters.